The van der Waals surface area contributed by atoms with Crippen LogP contribution >= 0.6 is 16.1 Å². The van der Waals surface area contributed by atoms with Crippen molar-refractivity contribution < 1.29 is 17.6 Å². The van der Waals surface area contributed by atoms with Crippen molar-refractivity contribution >= 4 is 26.8 Å². The van der Waals surface area contributed by atoms with E-state index in [4.69, 9.17) is 0 Å². The molecular weight excluding hydrogens is 548 g/mol. The van der Waals surface area contributed by atoms with E-state index in [-0.39, 0.29) is 28.0 Å². The SMILES string of the molecule is Fc1ccc(F)c(P(c2cc(F)ccc2F)N(C2CCCC2)P2[C@H](c3ccccc3)CC[C@H]2c2ccccc2)c1. The van der Waals surface area contributed by atoms with E-state index in [0.29, 0.717) is 0 Å². The molecule has 4 aromatic rings. The average Bonchev–Trinajstić information content (AvgIpc) is 3.67. The van der Waals surface area contributed by atoms with Crippen molar-refractivity contribution in [2.24, 2.45) is 0 Å². The van der Waals surface area contributed by atoms with Crippen molar-refractivity contribution in [2.75, 3.05) is 0 Å². The first kappa shape index (κ1) is 27.6. The molecule has 0 spiro atoms. The first-order valence-electron chi connectivity index (χ1n) is 13.9. The smallest absolute Gasteiger partial charge is 0.132 e. The van der Waals surface area contributed by atoms with Gasteiger partial charge in [-0.15, -0.1) is 0 Å². The molecule has 40 heavy (non-hydrogen) atoms. The van der Waals surface area contributed by atoms with E-state index < -0.39 is 39.4 Å². The van der Waals surface area contributed by atoms with Crippen LogP contribution in [0.4, 0.5) is 17.6 Å². The lowest BCUT2D eigenvalue weighted by atomic mass is 10.0. The fraction of sp³-hybridized carbons (Fsp3) is 0.273. The Balaban J connectivity index is 1.60. The topological polar surface area (TPSA) is 3.24 Å². The second-order valence-electron chi connectivity index (χ2n) is 10.6. The number of halogens is 4. The Bertz CT molecular complexity index is 1350. The van der Waals surface area contributed by atoms with E-state index in [1.54, 1.807) is 0 Å². The van der Waals surface area contributed by atoms with Crippen molar-refractivity contribution in [3.05, 3.63) is 131 Å². The molecule has 2 fully saturated rings. The molecule has 0 bridgehead atoms. The summed E-state index contributed by atoms with van der Waals surface area (Å²) in [4.78, 5) is 0. The third-order valence-electron chi connectivity index (χ3n) is 8.09. The molecule has 1 saturated carbocycles. The van der Waals surface area contributed by atoms with E-state index in [2.05, 4.69) is 28.7 Å². The van der Waals surface area contributed by atoms with E-state index in [0.717, 1.165) is 62.8 Å². The first-order chi connectivity index (χ1) is 19.5. The molecule has 1 saturated heterocycles. The lowest BCUT2D eigenvalue weighted by molar-refractivity contribution is 0.497. The highest BCUT2D eigenvalue weighted by atomic mass is 31.2. The zero-order valence-electron chi connectivity index (χ0n) is 22.1. The van der Waals surface area contributed by atoms with Crippen LogP contribution in [-0.4, -0.2) is 10.5 Å². The van der Waals surface area contributed by atoms with Crippen molar-refractivity contribution in [3.63, 3.8) is 0 Å². The van der Waals surface area contributed by atoms with Gasteiger partial charge in [-0.3, -0.25) is 0 Å². The Kier molecular flexibility index (Phi) is 8.35. The van der Waals surface area contributed by atoms with Gasteiger partial charge < -0.3 is 0 Å². The van der Waals surface area contributed by atoms with Gasteiger partial charge in [0.25, 0.3) is 0 Å². The Morgan fingerprint density at radius 1 is 0.575 bits per heavy atom. The molecule has 2 atom stereocenters. The molecule has 7 heteroatoms. The van der Waals surface area contributed by atoms with Gasteiger partial charge >= 0.3 is 0 Å². The molecule has 1 nitrogen and oxygen atoms in total. The molecule has 0 amide bonds. The quantitative estimate of drug-likeness (QED) is 0.156. The highest BCUT2D eigenvalue weighted by Gasteiger charge is 2.48. The minimum Gasteiger partial charge on any atom is -0.248 e. The molecule has 2 aliphatic rings. The van der Waals surface area contributed by atoms with E-state index in [1.807, 2.05) is 36.4 Å². The van der Waals surface area contributed by atoms with Crippen LogP contribution in [0.5, 0.6) is 0 Å². The molecule has 0 N–H and O–H groups in total. The average molecular weight is 580 g/mol. The summed E-state index contributed by atoms with van der Waals surface area (Å²) in [6.45, 7) is 0. The zero-order valence-corrected chi connectivity index (χ0v) is 23.9. The molecule has 6 rings (SSSR count). The van der Waals surface area contributed by atoms with Crippen LogP contribution in [0.25, 0.3) is 0 Å². The van der Waals surface area contributed by atoms with Gasteiger partial charge in [-0.2, -0.15) is 0 Å². The van der Waals surface area contributed by atoms with Crippen molar-refractivity contribution in [1.82, 2.24) is 4.44 Å². The Labute approximate surface area is 235 Å². The fourth-order valence-electron chi connectivity index (χ4n) is 6.31. The second-order valence-corrected chi connectivity index (χ2v) is 15.3. The summed E-state index contributed by atoms with van der Waals surface area (Å²) in [6.07, 6.45) is 5.73. The zero-order chi connectivity index (χ0) is 27.6. The van der Waals surface area contributed by atoms with Gasteiger partial charge in [0.15, 0.2) is 0 Å². The predicted molar refractivity (Wildman–Crippen MR) is 158 cm³/mol. The summed E-state index contributed by atoms with van der Waals surface area (Å²) < 4.78 is 63.4. The van der Waals surface area contributed by atoms with Crippen LogP contribution in [0, 0.1) is 23.3 Å². The van der Waals surface area contributed by atoms with Gasteiger partial charge in [0.2, 0.25) is 0 Å². The van der Waals surface area contributed by atoms with E-state index in [1.165, 1.54) is 23.3 Å². The minimum atomic E-state index is -1.91. The normalized spacial score (nSPS) is 20.1. The van der Waals surface area contributed by atoms with Gasteiger partial charge in [-0.05, 0) is 81.3 Å². The fourth-order valence-corrected chi connectivity index (χ4v) is 14.2. The number of benzene rings is 4. The molecule has 4 aromatic carbocycles. The summed E-state index contributed by atoms with van der Waals surface area (Å²) in [5, 5.41) is 0.249. The Morgan fingerprint density at radius 3 is 1.48 bits per heavy atom. The number of hydrogen-bond acceptors (Lipinski definition) is 1. The van der Waals surface area contributed by atoms with Gasteiger partial charge in [0.05, 0.1) is 0 Å². The molecule has 206 valence electrons. The number of nitrogens with zero attached hydrogens (tertiary/aromatic N) is 1. The largest absolute Gasteiger partial charge is 0.248 e. The van der Waals surface area contributed by atoms with Gasteiger partial charge in [-0.25, -0.2) is 22.0 Å². The Morgan fingerprint density at radius 2 is 1.02 bits per heavy atom. The summed E-state index contributed by atoms with van der Waals surface area (Å²) >= 11 is 0. The van der Waals surface area contributed by atoms with Crippen LogP contribution in [0.1, 0.15) is 61.0 Å². The van der Waals surface area contributed by atoms with Gasteiger partial charge in [-0.1, -0.05) is 73.5 Å². The van der Waals surface area contributed by atoms with Crippen molar-refractivity contribution in [1.29, 1.82) is 0 Å². The van der Waals surface area contributed by atoms with Gasteiger partial charge in [0.1, 0.15) is 23.3 Å². The number of rotatable bonds is 7. The molecule has 1 heterocycles. The third-order valence-corrected chi connectivity index (χ3v) is 14.8. The molecule has 1 aliphatic heterocycles. The maximum atomic E-state index is 15.7. The minimum absolute atomic E-state index is 0.0677. The van der Waals surface area contributed by atoms with Crippen LogP contribution in [0.2, 0.25) is 0 Å². The highest BCUT2D eigenvalue weighted by Crippen LogP contribution is 2.77. The molecule has 0 aromatic heterocycles. The monoisotopic (exact) mass is 579 g/mol. The summed E-state index contributed by atoms with van der Waals surface area (Å²) in [5.74, 6) is -2.32. The van der Waals surface area contributed by atoms with E-state index in [9.17, 15) is 8.78 Å². The number of hydrogen-bond donors (Lipinski definition) is 0. The van der Waals surface area contributed by atoms with Gasteiger partial charge in [0, 0.05) is 36.0 Å². The summed E-state index contributed by atoms with van der Waals surface area (Å²) in [7, 11) is -2.96. The van der Waals surface area contributed by atoms with Crippen molar-refractivity contribution in [2.45, 2.75) is 55.9 Å². The van der Waals surface area contributed by atoms with Crippen LogP contribution in [-0.2, 0) is 0 Å². The molecular formula is C33H31F4NP2. The van der Waals surface area contributed by atoms with E-state index >= 15 is 8.78 Å². The molecule has 0 unspecified atom stereocenters. The first-order valence-corrected chi connectivity index (χ1v) is 16.6. The lowest BCUT2D eigenvalue weighted by Crippen LogP contribution is -2.35. The van der Waals surface area contributed by atoms with Crippen molar-refractivity contribution in [3.8, 4) is 0 Å². The molecule has 1 aliphatic carbocycles. The molecule has 0 radical (unpaired) electrons. The Hall–Kier alpha value is -2.58. The van der Waals surface area contributed by atoms with Crippen LogP contribution in [0.15, 0.2) is 97.1 Å². The second kappa shape index (κ2) is 12.1. The third kappa shape index (κ3) is 5.49. The maximum absolute atomic E-state index is 15.7. The maximum Gasteiger partial charge on any atom is 0.132 e. The predicted octanol–water partition coefficient (Wildman–Crippen LogP) is 9.51. The van der Waals surface area contributed by atoms with Crippen LogP contribution in [0.3, 0.4) is 0 Å². The van der Waals surface area contributed by atoms with Crippen LogP contribution < -0.4 is 10.6 Å². The summed E-state index contributed by atoms with van der Waals surface area (Å²) in [5.41, 5.74) is 2.76. The highest BCUT2D eigenvalue weighted by molar-refractivity contribution is 7.79. The standard InChI is InChI=1S/C33H31F4NP2/c34-25-15-17-28(36)32(21-25)40(33-22-26(35)16-18-29(33)37)38(27-13-7-8-14-27)39-30(23-9-3-1-4-10-23)19-20-31(39)24-11-5-2-6-12-24/h1-6,9-12,15-18,21-22,27,30-31H,7-8,13-14,19-20H2/t30-,31-/m0/s1. The summed E-state index contributed by atoms with van der Waals surface area (Å²) in [6, 6.07) is 27.7. The lowest BCUT2D eigenvalue weighted by Gasteiger charge is -2.46.